The maximum absolute atomic E-state index is 11.9. The van der Waals surface area contributed by atoms with E-state index in [1.54, 1.807) is 0 Å². The van der Waals surface area contributed by atoms with Crippen molar-refractivity contribution in [1.29, 1.82) is 0 Å². The molecule has 0 heterocycles. The molecule has 0 amide bonds. The molecule has 2 heteroatoms. The van der Waals surface area contributed by atoms with Gasteiger partial charge in [0.25, 0.3) is 0 Å². The molecular formula is C18H28OS. The monoisotopic (exact) mass is 292 g/mol. The van der Waals surface area contributed by atoms with Crippen molar-refractivity contribution in [3.63, 3.8) is 0 Å². The molecule has 0 radical (unpaired) electrons. The first-order chi connectivity index (χ1) is 9.27. The molecule has 0 aliphatic heterocycles. The zero-order valence-corrected chi connectivity index (χ0v) is 14.7. The van der Waals surface area contributed by atoms with E-state index in [4.69, 9.17) is 0 Å². The van der Waals surface area contributed by atoms with Crippen LogP contribution in [-0.4, -0.2) is 5.12 Å². The van der Waals surface area contributed by atoms with E-state index in [9.17, 15) is 4.79 Å². The molecule has 0 aliphatic carbocycles. The van der Waals surface area contributed by atoms with Gasteiger partial charge in [0.05, 0.1) is 0 Å². The van der Waals surface area contributed by atoms with Gasteiger partial charge in [-0.25, -0.2) is 0 Å². The van der Waals surface area contributed by atoms with Crippen molar-refractivity contribution in [1.82, 2.24) is 0 Å². The molecule has 0 spiro atoms. The number of rotatable bonds is 5. The number of carbonyl (C=O) groups is 1. The van der Waals surface area contributed by atoms with Gasteiger partial charge >= 0.3 is 0 Å². The van der Waals surface area contributed by atoms with E-state index in [-0.39, 0.29) is 5.12 Å². The van der Waals surface area contributed by atoms with Gasteiger partial charge in [-0.15, -0.1) is 0 Å². The van der Waals surface area contributed by atoms with E-state index in [0.29, 0.717) is 24.2 Å². The fourth-order valence-electron chi connectivity index (χ4n) is 2.19. The van der Waals surface area contributed by atoms with Gasteiger partial charge in [-0.05, 0) is 34.4 Å². The first-order valence-electron chi connectivity index (χ1n) is 7.66. The van der Waals surface area contributed by atoms with Crippen LogP contribution in [0.15, 0.2) is 17.0 Å². The number of thioether (sulfide) groups is 1. The normalized spacial score (nSPS) is 11.7. The van der Waals surface area contributed by atoms with Crippen LogP contribution < -0.4 is 0 Å². The highest BCUT2D eigenvalue weighted by molar-refractivity contribution is 8.13. The van der Waals surface area contributed by atoms with Crippen LogP contribution in [0.25, 0.3) is 0 Å². The molecular weight excluding hydrogens is 264 g/mol. The predicted molar refractivity (Wildman–Crippen MR) is 89.9 cm³/mol. The molecule has 0 fully saturated rings. The van der Waals surface area contributed by atoms with E-state index in [2.05, 4.69) is 53.7 Å². The quantitative estimate of drug-likeness (QED) is 0.611. The predicted octanol–water partition coefficient (Wildman–Crippen LogP) is 6.09. The lowest BCUT2D eigenvalue weighted by Crippen LogP contribution is -2.04. The van der Waals surface area contributed by atoms with E-state index < -0.39 is 0 Å². The molecule has 1 aromatic carbocycles. The number of benzene rings is 1. The van der Waals surface area contributed by atoms with Crippen LogP contribution in [0, 0.1) is 0 Å². The SMILES string of the molecule is CCC(=O)Sc1c(C(C)C)cc(C(C)C)cc1C(C)C. The molecule has 0 aliphatic rings. The Labute approximate surface area is 128 Å². The lowest BCUT2D eigenvalue weighted by atomic mass is 9.89. The molecule has 0 N–H and O–H groups in total. The van der Waals surface area contributed by atoms with Gasteiger partial charge in [-0.3, -0.25) is 4.79 Å². The summed E-state index contributed by atoms with van der Waals surface area (Å²) >= 11 is 1.44. The van der Waals surface area contributed by atoms with E-state index >= 15 is 0 Å². The summed E-state index contributed by atoms with van der Waals surface area (Å²) in [5.74, 6) is 1.41. The van der Waals surface area contributed by atoms with Crippen LogP contribution in [0.4, 0.5) is 0 Å². The molecule has 0 saturated carbocycles. The van der Waals surface area contributed by atoms with Crippen molar-refractivity contribution >= 4 is 16.9 Å². The van der Waals surface area contributed by atoms with E-state index in [0.717, 1.165) is 0 Å². The second-order valence-corrected chi connectivity index (χ2v) is 7.39. The Kier molecular flexibility index (Phi) is 6.32. The fraction of sp³-hybridized carbons (Fsp3) is 0.611. The molecule has 0 atom stereocenters. The van der Waals surface area contributed by atoms with E-state index in [1.807, 2.05) is 6.92 Å². The molecule has 0 bridgehead atoms. The third-order valence-corrected chi connectivity index (χ3v) is 4.78. The molecule has 1 rings (SSSR count). The third kappa shape index (κ3) is 4.12. The van der Waals surface area contributed by atoms with Crippen LogP contribution in [0.5, 0.6) is 0 Å². The van der Waals surface area contributed by atoms with Crippen molar-refractivity contribution in [3.8, 4) is 0 Å². The summed E-state index contributed by atoms with van der Waals surface area (Å²) in [6, 6.07) is 4.60. The minimum absolute atomic E-state index is 0.256. The minimum Gasteiger partial charge on any atom is -0.287 e. The van der Waals surface area contributed by atoms with Gasteiger partial charge < -0.3 is 0 Å². The zero-order chi connectivity index (χ0) is 15.4. The standard InChI is InChI=1S/C18H28OS/c1-8-17(19)20-18-15(12(4)5)9-14(11(2)3)10-16(18)13(6)7/h9-13H,8H2,1-7H3. The summed E-state index contributed by atoms with van der Waals surface area (Å²) in [5, 5.41) is 0.256. The van der Waals surface area contributed by atoms with Crippen LogP contribution in [0.3, 0.4) is 0 Å². The second kappa shape index (κ2) is 7.31. The summed E-state index contributed by atoms with van der Waals surface area (Å²) in [6.45, 7) is 15.2. The minimum atomic E-state index is 0.256. The largest absolute Gasteiger partial charge is 0.287 e. The molecule has 112 valence electrons. The first kappa shape index (κ1) is 17.3. The summed E-state index contributed by atoms with van der Waals surface area (Å²) in [6.07, 6.45) is 0.589. The molecule has 0 aromatic heterocycles. The Balaban J connectivity index is 3.46. The molecule has 1 aromatic rings. The molecule has 0 unspecified atom stereocenters. The lowest BCUT2D eigenvalue weighted by molar-refractivity contribution is -0.110. The van der Waals surface area contributed by atoms with Crippen LogP contribution in [-0.2, 0) is 4.79 Å². The highest BCUT2D eigenvalue weighted by atomic mass is 32.2. The number of carbonyl (C=O) groups excluding carboxylic acids is 1. The van der Waals surface area contributed by atoms with Crippen molar-refractivity contribution in [3.05, 3.63) is 28.8 Å². The third-order valence-electron chi connectivity index (χ3n) is 3.58. The second-order valence-electron chi connectivity index (χ2n) is 6.32. The van der Waals surface area contributed by atoms with Gasteiger partial charge in [0.2, 0.25) is 0 Å². The molecule has 0 saturated heterocycles. The highest BCUT2D eigenvalue weighted by Crippen LogP contribution is 2.38. The van der Waals surface area contributed by atoms with Gasteiger partial charge in [0.1, 0.15) is 0 Å². The summed E-state index contributed by atoms with van der Waals surface area (Å²) in [5.41, 5.74) is 4.03. The average molecular weight is 292 g/mol. The lowest BCUT2D eigenvalue weighted by Gasteiger charge is -2.21. The van der Waals surface area contributed by atoms with Crippen LogP contribution >= 0.6 is 11.8 Å². The van der Waals surface area contributed by atoms with Crippen molar-refractivity contribution in [2.45, 2.75) is 77.5 Å². The smallest absolute Gasteiger partial charge is 0.193 e. The maximum Gasteiger partial charge on any atom is 0.193 e. The summed E-state index contributed by atoms with van der Waals surface area (Å²) in [7, 11) is 0. The molecule has 1 nitrogen and oxygen atoms in total. The van der Waals surface area contributed by atoms with Gasteiger partial charge in [0.15, 0.2) is 5.12 Å². The Morgan fingerprint density at radius 1 is 0.950 bits per heavy atom. The van der Waals surface area contributed by atoms with Gasteiger partial charge in [-0.2, -0.15) is 0 Å². The number of hydrogen-bond donors (Lipinski definition) is 0. The number of hydrogen-bond acceptors (Lipinski definition) is 2. The fourth-order valence-corrected chi connectivity index (χ4v) is 3.39. The average Bonchev–Trinajstić information content (AvgIpc) is 2.37. The van der Waals surface area contributed by atoms with Crippen LogP contribution in [0.2, 0.25) is 0 Å². The summed E-state index contributed by atoms with van der Waals surface area (Å²) < 4.78 is 0. The Morgan fingerprint density at radius 3 is 1.70 bits per heavy atom. The molecule has 20 heavy (non-hydrogen) atoms. The first-order valence-corrected chi connectivity index (χ1v) is 8.47. The maximum atomic E-state index is 11.9. The van der Waals surface area contributed by atoms with Crippen molar-refractivity contribution < 1.29 is 4.79 Å². The van der Waals surface area contributed by atoms with E-state index in [1.165, 1.54) is 33.3 Å². The zero-order valence-electron chi connectivity index (χ0n) is 13.9. The van der Waals surface area contributed by atoms with Crippen molar-refractivity contribution in [2.24, 2.45) is 0 Å². The Morgan fingerprint density at radius 2 is 1.40 bits per heavy atom. The Bertz CT molecular complexity index is 443. The topological polar surface area (TPSA) is 17.1 Å². The Hall–Kier alpha value is -0.760. The van der Waals surface area contributed by atoms with Crippen LogP contribution in [0.1, 0.15) is 89.3 Å². The van der Waals surface area contributed by atoms with Crippen molar-refractivity contribution in [2.75, 3.05) is 0 Å². The highest BCUT2D eigenvalue weighted by Gasteiger charge is 2.19. The van der Waals surface area contributed by atoms with Gasteiger partial charge in [-0.1, -0.05) is 72.4 Å². The summed E-state index contributed by atoms with van der Waals surface area (Å²) in [4.78, 5) is 13.1. The van der Waals surface area contributed by atoms with Gasteiger partial charge in [0, 0.05) is 11.3 Å².